The summed E-state index contributed by atoms with van der Waals surface area (Å²) in [7, 11) is -3.94. The van der Waals surface area contributed by atoms with E-state index < -0.39 is 21.9 Å². The Kier molecular flexibility index (Phi) is 7.27. The molecule has 0 aliphatic rings. The Bertz CT molecular complexity index is 1230. The Morgan fingerprint density at radius 1 is 1.22 bits per heavy atom. The number of ketones is 1. The molecule has 2 aromatic carbocycles. The van der Waals surface area contributed by atoms with Crippen molar-refractivity contribution in [1.82, 2.24) is 19.5 Å². The molecule has 0 aliphatic heterocycles. The highest BCUT2D eigenvalue weighted by Crippen LogP contribution is 2.26. The summed E-state index contributed by atoms with van der Waals surface area (Å²) in [5.41, 5.74) is 0.555. The van der Waals surface area contributed by atoms with Crippen LogP contribution in [0, 0.1) is 5.82 Å². The first-order valence-corrected chi connectivity index (χ1v) is 11.6. The van der Waals surface area contributed by atoms with Crippen LogP contribution >= 0.6 is 11.6 Å². The minimum absolute atomic E-state index is 0.0352. The van der Waals surface area contributed by atoms with E-state index in [0.29, 0.717) is 23.7 Å². The zero-order chi connectivity index (χ0) is 23.5. The van der Waals surface area contributed by atoms with Crippen molar-refractivity contribution in [1.29, 1.82) is 0 Å². The van der Waals surface area contributed by atoms with E-state index in [-0.39, 0.29) is 28.1 Å². The Balaban J connectivity index is 1.81. The number of carbonyl (C=O) groups excluding carboxylic acids is 1. The van der Waals surface area contributed by atoms with E-state index in [2.05, 4.69) is 14.9 Å². The van der Waals surface area contributed by atoms with Crippen LogP contribution < -0.4 is 9.46 Å². The molecule has 0 aliphatic carbocycles. The zero-order valence-electron chi connectivity index (χ0n) is 17.7. The Hall–Kier alpha value is -2.82. The van der Waals surface area contributed by atoms with Gasteiger partial charge in [-0.2, -0.15) is 0 Å². The first-order valence-electron chi connectivity index (χ1n) is 9.77. The van der Waals surface area contributed by atoms with Gasteiger partial charge in [0.15, 0.2) is 5.82 Å². The number of nitrogens with zero attached hydrogens (tertiary/aromatic N) is 3. The topological polar surface area (TPSA) is 103 Å². The summed E-state index contributed by atoms with van der Waals surface area (Å²) in [6.45, 7) is 5.30. The van der Waals surface area contributed by atoms with Gasteiger partial charge < -0.3 is 4.74 Å². The molecular weight excluding hydrogens is 459 g/mol. The van der Waals surface area contributed by atoms with E-state index in [1.165, 1.54) is 49.4 Å². The second-order valence-corrected chi connectivity index (χ2v) is 9.24. The largest absolute Gasteiger partial charge is 0.424 e. The quantitative estimate of drug-likeness (QED) is 0.495. The van der Waals surface area contributed by atoms with Crippen LogP contribution in [0.2, 0.25) is 5.02 Å². The van der Waals surface area contributed by atoms with Gasteiger partial charge in [0, 0.05) is 18.0 Å². The number of carbonyl (C=O) groups is 1. The summed E-state index contributed by atoms with van der Waals surface area (Å²) in [6.07, 6.45) is 0.124. The van der Waals surface area contributed by atoms with E-state index in [0.717, 1.165) is 0 Å². The van der Waals surface area contributed by atoms with Gasteiger partial charge in [0.2, 0.25) is 10.0 Å². The van der Waals surface area contributed by atoms with Crippen LogP contribution in [0.25, 0.3) is 0 Å². The molecule has 8 nitrogen and oxygen atoms in total. The maximum Gasteiger partial charge on any atom is 0.322 e. The molecular formula is C21H22ClFN4O4S. The summed E-state index contributed by atoms with van der Waals surface area (Å²) < 4.78 is 48.7. The minimum atomic E-state index is -3.94. The molecule has 0 spiro atoms. The predicted molar refractivity (Wildman–Crippen MR) is 117 cm³/mol. The number of aromatic nitrogens is 3. The highest BCUT2D eigenvalue weighted by Gasteiger charge is 2.24. The average molecular weight is 481 g/mol. The Labute approximate surface area is 190 Å². The SMILES string of the molecule is CCn1c(Oc2ccc(F)cc2)nnc1[C@@H](C)NS(=O)(=O)c1ccc(CC(C)=O)c(Cl)c1. The lowest BCUT2D eigenvalue weighted by Crippen LogP contribution is -2.29. The first-order chi connectivity index (χ1) is 15.1. The fourth-order valence-electron chi connectivity index (χ4n) is 3.06. The second-order valence-electron chi connectivity index (χ2n) is 7.12. The molecule has 1 aromatic heterocycles. The maximum atomic E-state index is 13.1. The molecule has 0 fully saturated rings. The highest BCUT2D eigenvalue weighted by atomic mass is 35.5. The van der Waals surface area contributed by atoms with Crippen LogP contribution in [-0.2, 0) is 27.8 Å². The molecule has 0 saturated carbocycles. The van der Waals surface area contributed by atoms with Crippen LogP contribution in [0.3, 0.4) is 0 Å². The lowest BCUT2D eigenvalue weighted by Gasteiger charge is -2.16. The van der Waals surface area contributed by atoms with Crippen molar-refractivity contribution in [2.75, 3.05) is 0 Å². The first kappa shape index (κ1) is 23.8. The van der Waals surface area contributed by atoms with Crippen LogP contribution in [0.1, 0.15) is 38.2 Å². The summed E-state index contributed by atoms with van der Waals surface area (Å²) in [5, 5.41) is 8.25. The summed E-state index contributed by atoms with van der Waals surface area (Å²) >= 11 is 6.16. The van der Waals surface area contributed by atoms with Gasteiger partial charge in [-0.05, 0) is 62.7 Å². The molecule has 1 N–H and O–H groups in total. The van der Waals surface area contributed by atoms with Crippen molar-refractivity contribution in [2.24, 2.45) is 0 Å². The van der Waals surface area contributed by atoms with E-state index in [4.69, 9.17) is 16.3 Å². The number of halogens is 2. The number of hydrogen-bond acceptors (Lipinski definition) is 6. The van der Waals surface area contributed by atoms with Crippen LogP contribution in [0.4, 0.5) is 4.39 Å². The number of nitrogens with one attached hydrogen (secondary N) is 1. The monoisotopic (exact) mass is 480 g/mol. The van der Waals surface area contributed by atoms with Crippen molar-refractivity contribution in [2.45, 2.75) is 44.7 Å². The normalized spacial score (nSPS) is 12.5. The molecule has 32 heavy (non-hydrogen) atoms. The summed E-state index contributed by atoms with van der Waals surface area (Å²) in [6, 6.07) is 9.05. The van der Waals surface area contributed by atoms with Gasteiger partial charge in [-0.15, -0.1) is 5.10 Å². The molecule has 3 rings (SSSR count). The molecule has 170 valence electrons. The third-order valence-corrected chi connectivity index (χ3v) is 6.47. The van der Waals surface area contributed by atoms with Gasteiger partial charge in [-0.1, -0.05) is 22.8 Å². The standard InChI is InChI=1S/C21H22ClFN4O4S/c1-4-27-20(24-25-21(27)31-17-8-6-16(23)7-9-17)14(3)26-32(29,30)18-10-5-15(11-13(2)28)19(22)12-18/h5-10,12,14,26H,4,11H2,1-3H3/t14-/m1/s1. The average Bonchev–Trinajstić information content (AvgIpc) is 3.13. The molecule has 11 heteroatoms. The van der Waals surface area contributed by atoms with Gasteiger partial charge in [0.1, 0.15) is 17.3 Å². The van der Waals surface area contributed by atoms with Crippen LogP contribution in [0.5, 0.6) is 11.8 Å². The molecule has 0 amide bonds. The molecule has 1 heterocycles. The molecule has 3 aromatic rings. The third-order valence-electron chi connectivity index (χ3n) is 4.58. The number of ether oxygens (including phenoxy) is 1. The molecule has 0 radical (unpaired) electrons. The van der Waals surface area contributed by atoms with Gasteiger partial charge in [0.25, 0.3) is 0 Å². The molecule has 0 saturated heterocycles. The minimum Gasteiger partial charge on any atom is -0.424 e. The smallest absolute Gasteiger partial charge is 0.322 e. The highest BCUT2D eigenvalue weighted by molar-refractivity contribution is 7.89. The predicted octanol–water partition coefficient (Wildman–Crippen LogP) is 4.05. The number of benzene rings is 2. The van der Waals surface area contributed by atoms with Crippen molar-refractivity contribution in [3.8, 4) is 11.8 Å². The summed E-state index contributed by atoms with van der Waals surface area (Å²) in [5.74, 6) is 0.236. The molecule has 0 bridgehead atoms. The fraction of sp³-hybridized carbons (Fsp3) is 0.286. The van der Waals surface area contributed by atoms with Crippen molar-refractivity contribution >= 4 is 27.4 Å². The Morgan fingerprint density at radius 3 is 2.50 bits per heavy atom. The van der Waals surface area contributed by atoms with E-state index in [9.17, 15) is 17.6 Å². The van der Waals surface area contributed by atoms with Gasteiger partial charge in [0.05, 0.1) is 10.9 Å². The number of Topliss-reactive ketones (excluding diaryl/α,β-unsaturated/α-hetero) is 1. The molecule has 1 atom stereocenters. The van der Waals surface area contributed by atoms with Crippen LogP contribution in [0.15, 0.2) is 47.4 Å². The lowest BCUT2D eigenvalue weighted by atomic mass is 10.1. The fourth-order valence-corrected chi connectivity index (χ4v) is 4.60. The van der Waals surface area contributed by atoms with Crippen molar-refractivity contribution < 1.29 is 22.3 Å². The van der Waals surface area contributed by atoms with Gasteiger partial charge in [-0.3, -0.25) is 9.36 Å². The number of hydrogen-bond donors (Lipinski definition) is 1. The second kappa shape index (κ2) is 9.76. The number of rotatable bonds is 9. The van der Waals surface area contributed by atoms with Crippen molar-refractivity contribution in [3.05, 3.63) is 64.7 Å². The van der Waals surface area contributed by atoms with Crippen LogP contribution in [-0.4, -0.2) is 29.0 Å². The summed E-state index contributed by atoms with van der Waals surface area (Å²) in [4.78, 5) is 11.3. The molecule has 0 unspecified atom stereocenters. The van der Waals surface area contributed by atoms with Gasteiger partial charge >= 0.3 is 6.01 Å². The number of sulfonamides is 1. The third kappa shape index (κ3) is 5.50. The van der Waals surface area contributed by atoms with Gasteiger partial charge in [-0.25, -0.2) is 17.5 Å². The van der Waals surface area contributed by atoms with E-state index in [1.54, 1.807) is 11.5 Å². The lowest BCUT2D eigenvalue weighted by molar-refractivity contribution is -0.116. The van der Waals surface area contributed by atoms with E-state index in [1.807, 2.05) is 6.92 Å². The maximum absolute atomic E-state index is 13.1. The zero-order valence-corrected chi connectivity index (χ0v) is 19.2. The Morgan fingerprint density at radius 2 is 1.91 bits per heavy atom. The van der Waals surface area contributed by atoms with E-state index >= 15 is 0 Å². The van der Waals surface area contributed by atoms with Crippen molar-refractivity contribution in [3.63, 3.8) is 0 Å².